The van der Waals surface area contributed by atoms with Gasteiger partial charge in [0.2, 0.25) is 0 Å². The molecule has 2 aromatic carbocycles. The van der Waals surface area contributed by atoms with Gasteiger partial charge in [0.25, 0.3) is 0 Å². The van der Waals surface area contributed by atoms with Crippen LogP contribution in [0, 0.1) is 11.2 Å². The van der Waals surface area contributed by atoms with Gasteiger partial charge in [-0.3, -0.25) is 4.79 Å². The Morgan fingerprint density at radius 3 is 2.34 bits per heavy atom. The summed E-state index contributed by atoms with van der Waals surface area (Å²) in [6.45, 7) is -1.10. The zero-order valence-electron chi connectivity index (χ0n) is 19.9. The first-order valence-electron chi connectivity index (χ1n) is 11.4. The molecule has 6 nitrogen and oxygen atoms in total. The van der Waals surface area contributed by atoms with Gasteiger partial charge in [0.05, 0.1) is 29.4 Å². The summed E-state index contributed by atoms with van der Waals surface area (Å²) in [7, 11) is 1.53. The Labute approximate surface area is 217 Å². The second kappa shape index (κ2) is 10.5. The molecule has 1 atom stereocenters. The number of anilines is 2. The quantitative estimate of drug-likeness (QED) is 0.319. The Morgan fingerprint density at radius 1 is 1.16 bits per heavy atom. The molecule has 1 unspecified atom stereocenters. The summed E-state index contributed by atoms with van der Waals surface area (Å²) < 4.78 is 107. The van der Waals surface area contributed by atoms with Crippen LogP contribution >= 0.6 is 11.9 Å². The molecule has 2 aromatic rings. The van der Waals surface area contributed by atoms with Gasteiger partial charge in [-0.15, -0.1) is 0 Å². The molecule has 2 aliphatic rings. The number of ether oxygens (including phenoxy) is 2. The van der Waals surface area contributed by atoms with E-state index >= 15 is 0 Å². The molecule has 0 aliphatic carbocycles. The lowest BCUT2D eigenvalue weighted by atomic mass is 9.87. The first-order valence-corrected chi connectivity index (χ1v) is 12.2. The van der Waals surface area contributed by atoms with Crippen LogP contribution < -0.4 is 9.64 Å². The fraction of sp³-hybridized carbons (Fsp3) is 0.458. The monoisotopic (exact) mass is 568 g/mol. The zero-order valence-corrected chi connectivity index (χ0v) is 20.7. The van der Waals surface area contributed by atoms with Crippen molar-refractivity contribution in [3.63, 3.8) is 0 Å². The summed E-state index contributed by atoms with van der Waals surface area (Å²) in [6.07, 6.45) is -10.8. The summed E-state index contributed by atoms with van der Waals surface area (Å²) in [5, 5.41) is 9.47. The molecule has 208 valence electrons. The van der Waals surface area contributed by atoms with E-state index < -0.39 is 59.9 Å². The SMILES string of the molecule is CN1Sc2cc(OCC3(C(=O)O)COC3)c(C(F)(F)F)cc2N(c2ccc(F)cc2)CC1CCC(F)(F)F. The lowest BCUT2D eigenvalue weighted by Crippen LogP contribution is -2.53. The normalized spacial score (nSPS) is 19.9. The van der Waals surface area contributed by atoms with E-state index in [0.717, 1.165) is 36.2 Å². The van der Waals surface area contributed by atoms with Crippen molar-refractivity contribution in [1.29, 1.82) is 0 Å². The largest absolute Gasteiger partial charge is 0.492 e. The number of aliphatic carboxylic acids is 1. The van der Waals surface area contributed by atoms with Gasteiger partial charge in [0.1, 0.15) is 23.6 Å². The second-order valence-electron chi connectivity index (χ2n) is 9.21. The highest BCUT2D eigenvalue weighted by molar-refractivity contribution is 7.97. The average Bonchev–Trinajstić information content (AvgIpc) is 2.91. The van der Waals surface area contributed by atoms with Crippen molar-refractivity contribution in [2.45, 2.75) is 36.1 Å². The highest BCUT2D eigenvalue weighted by Gasteiger charge is 2.48. The number of alkyl halides is 6. The van der Waals surface area contributed by atoms with Crippen LogP contribution in [0.15, 0.2) is 41.3 Å². The van der Waals surface area contributed by atoms with E-state index in [2.05, 4.69) is 0 Å². The van der Waals surface area contributed by atoms with Crippen molar-refractivity contribution < 1.29 is 50.1 Å². The standard InChI is InChI=1S/C24H23F7N2O4S/c1-32-16(6-7-23(26,27)28)10-33(15-4-2-14(25)3-5-15)18-8-17(24(29,30)31)19(9-20(18)38-32)37-13-22(21(34)35)11-36-12-22/h2-5,8-9,16H,6-7,10-13H2,1H3,(H,34,35). The Balaban J connectivity index is 1.77. The number of rotatable bonds is 7. The maximum atomic E-state index is 14.2. The summed E-state index contributed by atoms with van der Waals surface area (Å²) in [5.74, 6) is -2.47. The summed E-state index contributed by atoms with van der Waals surface area (Å²) >= 11 is 0.948. The van der Waals surface area contributed by atoms with Crippen LogP contribution in [-0.2, 0) is 15.7 Å². The number of likely N-dealkylation sites (N-methyl/N-ethyl adjacent to an activating group) is 1. The van der Waals surface area contributed by atoms with Crippen molar-refractivity contribution in [3.8, 4) is 5.75 Å². The van der Waals surface area contributed by atoms with E-state index in [1.807, 2.05) is 0 Å². The molecule has 2 aliphatic heterocycles. The Bertz CT molecular complexity index is 1170. The van der Waals surface area contributed by atoms with E-state index in [1.54, 1.807) is 0 Å². The predicted octanol–water partition coefficient (Wildman–Crippen LogP) is 6.13. The predicted molar refractivity (Wildman–Crippen MR) is 124 cm³/mol. The molecule has 1 N–H and O–H groups in total. The van der Waals surface area contributed by atoms with Crippen molar-refractivity contribution in [1.82, 2.24) is 4.31 Å². The summed E-state index contributed by atoms with van der Waals surface area (Å²) in [4.78, 5) is 13.3. The number of carboxylic acids is 1. The van der Waals surface area contributed by atoms with Crippen LogP contribution in [0.25, 0.3) is 0 Å². The van der Waals surface area contributed by atoms with Crippen LogP contribution in [0.5, 0.6) is 5.75 Å². The van der Waals surface area contributed by atoms with Gasteiger partial charge < -0.3 is 19.5 Å². The van der Waals surface area contributed by atoms with Crippen molar-refractivity contribution >= 4 is 29.3 Å². The maximum absolute atomic E-state index is 14.2. The number of carbonyl (C=O) groups is 1. The third-order valence-corrected chi connectivity index (χ3v) is 7.53. The highest BCUT2D eigenvalue weighted by atomic mass is 32.2. The second-order valence-corrected chi connectivity index (χ2v) is 10.4. The first-order chi connectivity index (χ1) is 17.7. The van der Waals surface area contributed by atoms with E-state index in [9.17, 15) is 40.6 Å². The molecule has 1 saturated heterocycles. The van der Waals surface area contributed by atoms with E-state index in [1.165, 1.54) is 28.4 Å². The number of hydrogen-bond acceptors (Lipinski definition) is 6. The maximum Gasteiger partial charge on any atom is 0.420 e. The zero-order chi connectivity index (χ0) is 27.9. The average molecular weight is 569 g/mol. The van der Waals surface area contributed by atoms with Crippen molar-refractivity contribution in [3.05, 3.63) is 47.8 Å². The topological polar surface area (TPSA) is 62.2 Å². The fourth-order valence-electron chi connectivity index (χ4n) is 4.13. The van der Waals surface area contributed by atoms with Gasteiger partial charge >= 0.3 is 18.3 Å². The number of benzene rings is 2. The summed E-state index contributed by atoms with van der Waals surface area (Å²) in [6, 6.07) is 6.08. The van der Waals surface area contributed by atoms with Crippen LogP contribution in [-0.4, -0.2) is 61.0 Å². The Kier molecular flexibility index (Phi) is 7.79. The van der Waals surface area contributed by atoms with Crippen molar-refractivity contribution in [2.75, 3.05) is 38.3 Å². The van der Waals surface area contributed by atoms with Gasteiger partial charge in [0.15, 0.2) is 0 Å². The van der Waals surface area contributed by atoms with Crippen LogP contribution in [0.4, 0.5) is 42.1 Å². The van der Waals surface area contributed by atoms with Gasteiger partial charge in [0, 0.05) is 24.7 Å². The van der Waals surface area contributed by atoms with Crippen LogP contribution in [0.3, 0.4) is 0 Å². The molecule has 1 fully saturated rings. The minimum Gasteiger partial charge on any atom is -0.492 e. The number of carboxylic acid groups (broad SMARTS) is 1. The molecule has 0 aromatic heterocycles. The molecule has 2 heterocycles. The van der Waals surface area contributed by atoms with Gasteiger partial charge in [-0.25, -0.2) is 8.70 Å². The molecular weight excluding hydrogens is 545 g/mol. The van der Waals surface area contributed by atoms with Crippen LogP contribution in [0.2, 0.25) is 0 Å². The Hall–Kier alpha value is -2.71. The van der Waals surface area contributed by atoms with E-state index in [0.29, 0.717) is 5.69 Å². The molecule has 0 saturated carbocycles. The number of hydrogen-bond donors (Lipinski definition) is 1. The number of fused-ring (bicyclic) bond motifs is 1. The van der Waals surface area contributed by atoms with Crippen LogP contribution in [0.1, 0.15) is 18.4 Å². The molecule has 14 heteroatoms. The molecule has 0 spiro atoms. The molecule has 0 bridgehead atoms. The third kappa shape index (κ3) is 6.12. The number of halogens is 7. The van der Waals surface area contributed by atoms with Gasteiger partial charge in [-0.05, 0) is 61.8 Å². The first kappa shape index (κ1) is 28.3. The lowest BCUT2D eigenvalue weighted by molar-refractivity contribution is -0.185. The summed E-state index contributed by atoms with van der Waals surface area (Å²) in [5.41, 5.74) is -2.33. The molecule has 4 rings (SSSR count). The van der Waals surface area contributed by atoms with E-state index in [-0.39, 0.29) is 36.8 Å². The van der Waals surface area contributed by atoms with Crippen molar-refractivity contribution in [2.24, 2.45) is 5.41 Å². The van der Waals surface area contributed by atoms with Gasteiger partial charge in [-0.2, -0.15) is 26.3 Å². The van der Waals surface area contributed by atoms with Gasteiger partial charge in [-0.1, -0.05) is 0 Å². The fourth-order valence-corrected chi connectivity index (χ4v) is 5.18. The number of nitrogens with zero attached hydrogens (tertiary/aromatic N) is 2. The van der Waals surface area contributed by atoms with E-state index in [4.69, 9.17) is 9.47 Å². The Morgan fingerprint density at radius 2 is 1.82 bits per heavy atom. The molecular formula is C24H23F7N2O4S. The lowest BCUT2D eigenvalue weighted by Gasteiger charge is -2.37. The smallest absolute Gasteiger partial charge is 0.420 e. The third-order valence-electron chi connectivity index (χ3n) is 6.42. The minimum absolute atomic E-state index is 0.0440. The minimum atomic E-state index is -4.90. The highest BCUT2D eigenvalue weighted by Crippen LogP contribution is 2.48. The molecule has 0 radical (unpaired) electrons. The molecule has 0 amide bonds. The molecule has 38 heavy (non-hydrogen) atoms.